The molecule has 6 heteroatoms. The number of hydrogen-bond donors (Lipinski definition) is 0. The van der Waals surface area contributed by atoms with E-state index < -0.39 is 16.4 Å². The molecule has 1 aliphatic heterocycles. The zero-order valence-corrected chi connectivity index (χ0v) is 13.0. The molecular weight excluding hydrogens is 302 g/mol. The van der Waals surface area contributed by atoms with E-state index in [9.17, 15) is 14.9 Å². The van der Waals surface area contributed by atoms with Crippen molar-refractivity contribution in [3.05, 3.63) is 62.3 Å². The molecule has 0 spiro atoms. The first-order chi connectivity index (χ1) is 10.5. The first-order valence-electron chi connectivity index (χ1n) is 6.98. The molecule has 0 unspecified atom stereocenters. The van der Waals surface area contributed by atoms with Gasteiger partial charge in [0.05, 0.1) is 10.5 Å². The number of benzene rings is 1. The van der Waals surface area contributed by atoms with Crippen LogP contribution >= 0.6 is 11.3 Å². The van der Waals surface area contributed by atoms with Crippen molar-refractivity contribution in [1.29, 1.82) is 0 Å². The van der Waals surface area contributed by atoms with Crippen LogP contribution in [0.2, 0.25) is 0 Å². The molecule has 1 fully saturated rings. The number of nitrogens with zero attached hydrogens (tertiary/aromatic N) is 1. The van der Waals surface area contributed by atoms with Gasteiger partial charge in [-0.1, -0.05) is 32.0 Å². The second kappa shape index (κ2) is 5.21. The van der Waals surface area contributed by atoms with Crippen molar-refractivity contribution in [3.8, 4) is 0 Å². The van der Waals surface area contributed by atoms with Gasteiger partial charge in [-0.3, -0.25) is 14.9 Å². The minimum atomic E-state index is -0.847. The smallest absolute Gasteiger partial charge is 0.322 e. The Kier molecular flexibility index (Phi) is 3.48. The van der Waals surface area contributed by atoms with Crippen molar-refractivity contribution in [2.45, 2.75) is 25.4 Å². The summed E-state index contributed by atoms with van der Waals surface area (Å²) in [4.78, 5) is 24.1. The fourth-order valence-corrected chi connectivity index (χ4v) is 4.18. The van der Waals surface area contributed by atoms with Gasteiger partial charge in [-0.25, -0.2) is 0 Å². The van der Waals surface area contributed by atoms with Crippen LogP contribution in [0.4, 0.5) is 5.69 Å². The van der Waals surface area contributed by atoms with Gasteiger partial charge in [-0.15, -0.1) is 11.3 Å². The van der Waals surface area contributed by atoms with Crippen LogP contribution < -0.4 is 0 Å². The highest BCUT2D eigenvalue weighted by atomic mass is 32.1. The molecule has 5 nitrogen and oxygen atoms in total. The molecule has 0 bridgehead atoms. The van der Waals surface area contributed by atoms with Gasteiger partial charge in [0, 0.05) is 10.9 Å². The van der Waals surface area contributed by atoms with Crippen LogP contribution in [0.1, 0.15) is 30.4 Å². The Balaban J connectivity index is 2.16. The standard InChI is InChI=1S/C16H15NO4S/c1-10(2)16(13-8-5-9-22-13)14(21-15(16)18)11-6-3-4-7-12(11)17(19)20/h3-10,14H,1-2H3/t14-,16+/m1/s1. The Morgan fingerprint density at radius 3 is 2.55 bits per heavy atom. The molecular formula is C16H15NO4S. The highest BCUT2D eigenvalue weighted by Crippen LogP contribution is 2.56. The molecule has 1 aliphatic rings. The lowest BCUT2D eigenvalue weighted by Gasteiger charge is -2.48. The fourth-order valence-electron chi connectivity index (χ4n) is 3.10. The molecule has 2 aromatic rings. The second-order valence-electron chi connectivity index (χ2n) is 5.60. The number of thiophene rings is 1. The minimum Gasteiger partial charge on any atom is -0.455 e. The molecule has 22 heavy (non-hydrogen) atoms. The first kappa shape index (κ1) is 14.7. The van der Waals surface area contributed by atoms with E-state index in [0.29, 0.717) is 5.56 Å². The molecule has 2 atom stereocenters. The van der Waals surface area contributed by atoms with Crippen LogP contribution in [0.3, 0.4) is 0 Å². The number of para-hydroxylation sites is 1. The van der Waals surface area contributed by atoms with Gasteiger partial charge in [0.1, 0.15) is 5.41 Å². The summed E-state index contributed by atoms with van der Waals surface area (Å²) in [5, 5.41) is 13.2. The topological polar surface area (TPSA) is 69.4 Å². The van der Waals surface area contributed by atoms with Gasteiger partial charge in [-0.2, -0.15) is 0 Å². The van der Waals surface area contributed by atoms with Crippen molar-refractivity contribution in [2.24, 2.45) is 5.92 Å². The third kappa shape index (κ3) is 1.87. The molecule has 0 amide bonds. The zero-order valence-electron chi connectivity index (χ0n) is 12.2. The van der Waals surface area contributed by atoms with Gasteiger partial charge in [0.15, 0.2) is 6.10 Å². The van der Waals surface area contributed by atoms with Gasteiger partial charge in [0.2, 0.25) is 0 Å². The Bertz CT molecular complexity index is 726. The molecule has 2 heterocycles. The monoisotopic (exact) mass is 317 g/mol. The SMILES string of the molecule is CC(C)[C@@]1(c2cccs2)C(=O)O[C@@H]1c1ccccc1[N+](=O)[O-]. The third-order valence-electron chi connectivity index (χ3n) is 4.23. The summed E-state index contributed by atoms with van der Waals surface area (Å²) in [6, 6.07) is 10.2. The van der Waals surface area contributed by atoms with E-state index in [1.165, 1.54) is 17.4 Å². The summed E-state index contributed by atoms with van der Waals surface area (Å²) >= 11 is 1.48. The van der Waals surface area contributed by atoms with Crippen molar-refractivity contribution in [1.82, 2.24) is 0 Å². The number of carbonyl (C=O) groups excluding carboxylic acids is 1. The number of esters is 1. The number of hydrogen-bond acceptors (Lipinski definition) is 5. The maximum absolute atomic E-state index is 12.4. The highest BCUT2D eigenvalue weighted by molar-refractivity contribution is 7.10. The molecule has 1 aromatic carbocycles. The molecule has 114 valence electrons. The summed E-state index contributed by atoms with van der Waals surface area (Å²) < 4.78 is 5.38. The number of nitro groups is 1. The zero-order chi connectivity index (χ0) is 15.9. The highest BCUT2D eigenvalue weighted by Gasteiger charge is 2.63. The number of nitro benzene ring substituents is 1. The molecule has 1 aromatic heterocycles. The van der Waals surface area contributed by atoms with Crippen molar-refractivity contribution >= 4 is 23.0 Å². The number of cyclic esters (lactones) is 1. The maximum Gasteiger partial charge on any atom is 0.322 e. The van der Waals surface area contributed by atoms with Crippen molar-refractivity contribution < 1.29 is 14.5 Å². The van der Waals surface area contributed by atoms with E-state index in [1.54, 1.807) is 18.2 Å². The van der Waals surface area contributed by atoms with Crippen molar-refractivity contribution in [3.63, 3.8) is 0 Å². The van der Waals surface area contributed by atoms with Crippen LogP contribution in [0.15, 0.2) is 41.8 Å². The Morgan fingerprint density at radius 1 is 1.27 bits per heavy atom. The molecule has 3 rings (SSSR count). The fraction of sp³-hybridized carbons (Fsp3) is 0.312. The summed E-state index contributed by atoms with van der Waals surface area (Å²) in [7, 11) is 0. The van der Waals surface area contributed by atoms with Crippen LogP contribution in [-0.2, 0) is 14.9 Å². The Labute approximate surface area is 131 Å². The summed E-state index contributed by atoms with van der Waals surface area (Å²) in [6.07, 6.45) is -0.625. The van der Waals surface area contributed by atoms with Gasteiger partial charge >= 0.3 is 5.97 Å². The maximum atomic E-state index is 12.4. The average Bonchev–Trinajstić information content (AvgIpc) is 2.98. The van der Waals surface area contributed by atoms with E-state index >= 15 is 0 Å². The molecule has 0 N–H and O–H groups in total. The van der Waals surface area contributed by atoms with E-state index in [1.807, 2.05) is 31.4 Å². The predicted molar refractivity (Wildman–Crippen MR) is 82.8 cm³/mol. The third-order valence-corrected chi connectivity index (χ3v) is 5.25. The van der Waals surface area contributed by atoms with E-state index in [-0.39, 0.29) is 17.6 Å². The number of ether oxygens (including phenoxy) is 1. The largest absolute Gasteiger partial charge is 0.455 e. The van der Waals surface area contributed by atoms with Gasteiger partial charge in [0.25, 0.3) is 5.69 Å². The van der Waals surface area contributed by atoms with Crippen LogP contribution in [0.25, 0.3) is 0 Å². The average molecular weight is 317 g/mol. The molecule has 1 saturated heterocycles. The van der Waals surface area contributed by atoms with Crippen LogP contribution in [0, 0.1) is 16.0 Å². The van der Waals surface area contributed by atoms with E-state index in [4.69, 9.17) is 4.74 Å². The van der Waals surface area contributed by atoms with Crippen LogP contribution in [0.5, 0.6) is 0 Å². The molecule has 0 saturated carbocycles. The second-order valence-corrected chi connectivity index (χ2v) is 6.55. The lowest BCUT2D eigenvalue weighted by Crippen LogP contribution is -2.57. The molecule has 0 radical (unpaired) electrons. The lowest BCUT2D eigenvalue weighted by atomic mass is 9.65. The molecule has 0 aliphatic carbocycles. The summed E-state index contributed by atoms with van der Waals surface area (Å²) in [5.41, 5.74) is -0.406. The van der Waals surface area contributed by atoms with Crippen LogP contribution in [-0.4, -0.2) is 10.9 Å². The number of rotatable bonds is 4. The quantitative estimate of drug-likeness (QED) is 0.488. The van der Waals surface area contributed by atoms with Crippen molar-refractivity contribution in [2.75, 3.05) is 0 Å². The predicted octanol–water partition coefficient (Wildman–Crippen LogP) is 3.85. The summed E-state index contributed by atoms with van der Waals surface area (Å²) in [6.45, 7) is 3.89. The van der Waals surface area contributed by atoms with E-state index in [0.717, 1.165) is 4.88 Å². The van der Waals surface area contributed by atoms with Gasteiger partial charge in [-0.05, 0) is 23.4 Å². The lowest BCUT2D eigenvalue weighted by molar-refractivity contribution is -0.386. The first-order valence-corrected chi connectivity index (χ1v) is 7.86. The summed E-state index contributed by atoms with van der Waals surface area (Å²) in [5.74, 6) is -0.342. The van der Waals surface area contributed by atoms with E-state index in [2.05, 4.69) is 0 Å². The minimum absolute atomic E-state index is 0.0124. The Hall–Kier alpha value is -2.21. The van der Waals surface area contributed by atoms with Gasteiger partial charge < -0.3 is 4.74 Å². The normalized spacial score (nSPS) is 24.0. The Morgan fingerprint density at radius 2 is 2.00 bits per heavy atom. The number of carbonyl (C=O) groups is 1.